The Morgan fingerprint density at radius 3 is 2.10 bits per heavy atom. The van der Waals surface area contributed by atoms with E-state index in [0.29, 0.717) is 48.1 Å². The van der Waals surface area contributed by atoms with E-state index in [9.17, 15) is 14.4 Å². The highest BCUT2D eigenvalue weighted by Crippen LogP contribution is 2.21. The average molecular weight is 562 g/mol. The zero-order chi connectivity index (χ0) is 28.5. The van der Waals surface area contributed by atoms with E-state index in [1.165, 1.54) is 4.90 Å². The van der Waals surface area contributed by atoms with Gasteiger partial charge in [-0.25, -0.2) is 4.79 Å². The monoisotopic (exact) mass is 561 g/mol. The van der Waals surface area contributed by atoms with Gasteiger partial charge < -0.3 is 30.1 Å². The van der Waals surface area contributed by atoms with Gasteiger partial charge in [0.05, 0.1) is 7.11 Å². The van der Waals surface area contributed by atoms with Gasteiger partial charge in [-0.05, 0) is 72.8 Å². The zero-order valence-corrected chi connectivity index (χ0v) is 23.1. The summed E-state index contributed by atoms with van der Waals surface area (Å²) < 4.78 is 5.15. The normalized spacial score (nSPS) is 12.8. The SMILES string of the molecule is C=CCN(CC(=O)Nc1ccc(N2CCN(C(=O)Nc3ccc(OC)cc3)CC2)cc1)C(=O)c1ccc(Cl)cc1. The molecule has 0 radical (unpaired) electrons. The lowest BCUT2D eigenvalue weighted by atomic mass is 10.2. The predicted molar refractivity (Wildman–Crippen MR) is 158 cm³/mol. The molecule has 9 nitrogen and oxygen atoms in total. The fourth-order valence-corrected chi connectivity index (χ4v) is 4.45. The molecule has 0 aliphatic carbocycles. The fraction of sp³-hybridized carbons (Fsp3) is 0.233. The Morgan fingerprint density at radius 2 is 1.50 bits per heavy atom. The van der Waals surface area contributed by atoms with Crippen molar-refractivity contribution in [2.24, 2.45) is 0 Å². The summed E-state index contributed by atoms with van der Waals surface area (Å²) in [5.74, 6) is 0.142. The predicted octanol–water partition coefficient (Wildman–Crippen LogP) is 4.97. The summed E-state index contributed by atoms with van der Waals surface area (Å²) in [7, 11) is 1.60. The van der Waals surface area contributed by atoms with Gasteiger partial charge in [0.1, 0.15) is 12.3 Å². The van der Waals surface area contributed by atoms with Crippen LogP contribution in [-0.2, 0) is 4.79 Å². The summed E-state index contributed by atoms with van der Waals surface area (Å²) in [6.07, 6.45) is 1.58. The molecule has 0 unspecified atom stereocenters. The molecule has 4 amide bonds. The number of benzene rings is 3. The van der Waals surface area contributed by atoms with Crippen LogP contribution in [0.25, 0.3) is 0 Å². The number of halogens is 1. The molecule has 1 heterocycles. The summed E-state index contributed by atoms with van der Waals surface area (Å²) in [5, 5.41) is 6.31. The number of hydrogen-bond donors (Lipinski definition) is 2. The maximum atomic E-state index is 12.9. The third-order valence-electron chi connectivity index (χ3n) is 6.49. The lowest BCUT2D eigenvalue weighted by Gasteiger charge is -2.36. The molecule has 0 bridgehead atoms. The van der Waals surface area contributed by atoms with Crippen molar-refractivity contribution in [1.29, 1.82) is 0 Å². The minimum Gasteiger partial charge on any atom is -0.497 e. The van der Waals surface area contributed by atoms with Crippen LogP contribution in [0.1, 0.15) is 10.4 Å². The first-order chi connectivity index (χ1) is 19.4. The molecule has 1 aliphatic heterocycles. The van der Waals surface area contributed by atoms with Crippen molar-refractivity contribution in [3.8, 4) is 5.75 Å². The second-order valence-electron chi connectivity index (χ2n) is 9.21. The van der Waals surface area contributed by atoms with Crippen LogP contribution in [-0.4, -0.2) is 74.0 Å². The Morgan fingerprint density at radius 1 is 0.900 bits per heavy atom. The maximum Gasteiger partial charge on any atom is 0.321 e. The van der Waals surface area contributed by atoms with E-state index in [0.717, 1.165) is 11.4 Å². The van der Waals surface area contributed by atoms with Crippen molar-refractivity contribution in [3.63, 3.8) is 0 Å². The molecule has 2 N–H and O–H groups in total. The topological polar surface area (TPSA) is 94.2 Å². The molecular weight excluding hydrogens is 530 g/mol. The Labute approximate surface area is 239 Å². The minimum atomic E-state index is -0.312. The quantitative estimate of drug-likeness (QED) is 0.360. The number of nitrogens with one attached hydrogen (secondary N) is 2. The number of urea groups is 1. The minimum absolute atomic E-state index is 0.115. The summed E-state index contributed by atoms with van der Waals surface area (Å²) in [4.78, 5) is 43.6. The van der Waals surface area contributed by atoms with Crippen LogP contribution in [0.4, 0.5) is 21.9 Å². The second-order valence-corrected chi connectivity index (χ2v) is 9.65. The molecule has 0 aromatic heterocycles. The molecule has 0 atom stereocenters. The van der Waals surface area contributed by atoms with Crippen LogP contribution < -0.4 is 20.3 Å². The van der Waals surface area contributed by atoms with Crippen LogP contribution in [0, 0.1) is 0 Å². The van der Waals surface area contributed by atoms with Crippen molar-refractivity contribution in [2.75, 3.05) is 61.9 Å². The van der Waals surface area contributed by atoms with E-state index < -0.39 is 0 Å². The summed E-state index contributed by atoms with van der Waals surface area (Å²) >= 11 is 5.92. The number of hydrogen-bond acceptors (Lipinski definition) is 5. The van der Waals surface area contributed by atoms with Crippen molar-refractivity contribution < 1.29 is 19.1 Å². The van der Waals surface area contributed by atoms with Gasteiger partial charge in [0.25, 0.3) is 5.91 Å². The zero-order valence-electron chi connectivity index (χ0n) is 22.3. The second kappa shape index (κ2) is 13.5. The van der Waals surface area contributed by atoms with Crippen LogP contribution >= 0.6 is 11.6 Å². The summed E-state index contributed by atoms with van der Waals surface area (Å²) in [6, 6.07) is 21.1. The molecule has 4 rings (SSSR count). The fourth-order valence-electron chi connectivity index (χ4n) is 4.32. The highest BCUT2D eigenvalue weighted by Gasteiger charge is 2.22. The number of amides is 4. The highest BCUT2D eigenvalue weighted by molar-refractivity contribution is 6.30. The molecule has 3 aromatic rings. The molecule has 0 spiro atoms. The van der Waals surface area contributed by atoms with Crippen LogP contribution in [0.3, 0.4) is 0 Å². The third-order valence-corrected chi connectivity index (χ3v) is 6.74. The summed E-state index contributed by atoms with van der Waals surface area (Å²) in [5.41, 5.74) is 2.79. The first-order valence-electron chi connectivity index (χ1n) is 12.9. The Bertz CT molecular complexity index is 1320. The molecule has 1 aliphatic rings. The smallest absolute Gasteiger partial charge is 0.321 e. The van der Waals surface area contributed by atoms with Gasteiger partial charge in [-0.3, -0.25) is 9.59 Å². The van der Waals surface area contributed by atoms with Gasteiger partial charge in [-0.1, -0.05) is 17.7 Å². The number of carbonyl (C=O) groups excluding carboxylic acids is 3. The van der Waals surface area contributed by atoms with Gasteiger partial charge in [-0.15, -0.1) is 6.58 Å². The third kappa shape index (κ3) is 7.54. The molecule has 1 saturated heterocycles. The van der Waals surface area contributed by atoms with Gasteiger partial charge >= 0.3 is 6.03 Å². The van der Waals surface area contributed by atoms with E-state index >= 15 is 0 Å². The standard InChI is InChI=1S/C30H32ClN5O4/c1-3-16-36(29(38)22-4-6-23(31)7-5-22)21-28(37)32-24-8-12-26(13-9-24)34-17-19-35(20-18-34)30(39)33-25-10-14-27(40-2)15-11-25/h3-15H,1,16-21H2,2H3,(H,32,37)(H,33,39). The Balaban J connectivity index is 1.26. The van der Waals surface area contributed by atoms with Crippen molar-refractivity contribution in [1.82, 2.24) is 9.80 Å². The van der Waals surface area contributed by atoms with Crippen molar-refractivity contribution in [2.45, 2.75) is 0 Å². The van der Waals surface area contributed by atoms with E-state index in [1.54, 1.807) is 54.5 Å². The van der Waals surface area contributed by atoms with Crippen LogP contribution in [0.5, 0.6) is 5.75 Å². The first-order valence-corrected chi connectivity index (χ1v) is 13.2. The number of rotatable bonds is 9. The molecule has 3 aromatic carbocycles. The van der Waals surface area contributed by atoms with E-state index in [2.05, 4.69) is 22.1 Å². The van der Waals surface area contributed by atoms with Gasteiger partial charge in [-0.2, -0.15) is 0 Å². The van der Waals surface area contributed by atoms with E-state index in [1.807, 2.05) is 36.4 Å². The molecule has 1 fully saturated rings. The maximum absolute atomic E-state index is 12.9. The number of nitrogens with zero attached hydrogens (tertiary/aromatic N) is 3. The number of methoxy groups -OCH3 is 1. The number of anilines is 3. The molecule has 10 heteroatoms. The number of carbonyl (C=O) groups is 3. The van der Waals surface area contributed by atoms with E-state index in [-0.39, 0.29) is 30.9 Å². The Kier molecular flexibility index (Phi) is 9.64. The van der Waals surface area contributed by atoms with Gasteiger partial charge in [0.15, 0.2) is 0 Å². The van der Waals surface area contributed by atoms with Gasteiger partial charge in [0.2, 0.25) is 5.91 Å². The van der Waals surface area contributed by atoms with Crippen molar-refractivity contribution in [3.05, 3.63) is 96.0 Å². The molecule has 40 heavy (non-hydrogen) atoms. The lowest BCUT2D eigenvalue weighted by Crippen LogP contribution is -2.50. The Hall–Kier alpha value is -4.50. The van der Waals surface area contributed by atoms with Crippen LogP contribution in [0.2, 0.25) is 5.02 Å². The van der Waals surface area contributed by atoms with Crippen molar-refractivity contribution >= 4 is 46.5 Å². The highest BCUT2D eigenvalue weighted by atomic mass is 35.5. The number of piperazine rings is 1. The lowest BCUT2D eigenvalue weighted by molar-refractivity contribution is -0.116. The van der Waals surface area contributed by atoms with E-state index in [4.69, 9.17) is 16.3 Å². The first kappa shape index (κ1) is 28.5. The molecular formula is C30H32ClN5O4. The molecule has 208 valence electrons. The van der Waals surface area contributed by atoms with Crippen LogP contribution in [0.15, 0.2) is 85.5 Å². The number of ether oxygens (including phenoxy) is 1. The van der Waals surface area contributed by atoms with Gasteiger partial charge in [0, 0.05) is 60.4 Å². The molecule has 0 saturated carbocycles. The summed E-state index contributed by atoms with van der Waals surface area (Å²) in [6.45, 7) is 6.35. The average Bonchev–Trinajstić information content (AvgIpc) is 2.98. The largest absolute Gasteiger partial charge is 0.497 e.